The molecule has 2 aromatic carbocycles. The zero-order valence-corrected chi connectivity index (χ0v) is 13.4. The summed E-state index contributed by atoms with van der Waals surface area (Å²) in [5.74, 6) is 0.116. The van der Waals surface area contributed by atoms with Crippen LogP contribution >= 0.6 is 0 Å². The van der Waals surface area contributed by atoms with Crippen LogP contribution in [0.1, 0.15) is 46.8 Å². The van der Waals surface area contributed by atoms with Gasteiger partial charge in [0.25, 0.3) is 5.91 Å². The van der Waals surface area contributed by atoms with E-state index in [-0.39, 0.29) is 23.7 Å². The first-order valence-corrected chi connectivity index (χ1v) is 8.43. The first kappa shape index (κ1) is 14.9. The van der Waals surface area contributed by atoms with Crippen molar-refractivity contribution in [2.24, 2.45) is 5.92 Å². The SMILES string of the molecule is O=C1CCCC1C1c2ccccc2C=CN1C(=O)c1ccccc1. The highest BCUT2D eigenvalue weighted by Gasteiger charge is 2.40. The number of nitrogens with zero attached hydrogens (tertiary/aromatic N) is 1. The fraction of sp³-hybridized carbons (Fsp3) is 0.238. The maximum atomic E-state index is 13.0. The van der Waals surface area contributed by atoms with Crippen LogP contribution in [0.3, 0.4) is 0 Å². The molecule has 0 radical (unpaired) electrons. The molecule has 1 fully saturated rings. The molecule has 1 aliphatic heterocycles. The third-order valence-electron chi connectivity index (χ3n) is 5.02. The third kappa shape index (κ3) is 2.46. The largest absolute Gasteiger partial charge is 0.307 e. The Hall–Kier alpha value is -2.68. The Kier molecular flexibility index (Phi) is 3.77. The van der Waals surface area contributed by atoms with Crippen LogP contribution in [0, 0.1) is 5.92 Å². The number of carbonyl (C=O) groups is 2. The van der Waals surface area contributed by atoms with Gasteiger partial charge in [0.15, 0.2) is 0 Å². The summed E-state index contributed by atoms with van der Waals surface area (Å²) in [6.45, 7) is 0. The van der Waals surface area contributed by atoms with Crippen molar-refractivity contribution in [1.29, 1.82) is 0 Å². The Morgan fingerprint density at radius 3 is 2.50 bits per heavy atom. The number of hydrogen-bond acceptors (Lipinski definition) is 2. The van der Waals surface area contributed by atoms with Gasteiger partial charge in [0.05, 0.1) is 6.04 Å². The summed E-state index contributed by atoms with van der Waals surface area (Å²) in [5.41, 5.74) is 2.82. The molecule has 1 amide bonds. The van der Waals surface area contributed by atoms with Crippen molar-refractivity contribution in [2.45, 2.75) is 25.3 Å². The summed E-state index contributed by atoms with van der Waals surface area (Å²) in [7, 11) is 0. The van der Waals surface area contributed by atoms with E-state index in [0.717, 1.165) is 24.0 Å². The number of Topliss-reactive ketones (excluding diaryl/α,β-unsaturated/α-hetero) is 1. The van der Waals surface area contributed by atoms with Gasteiger partial charge in [-0.05, 0) is 42.2 Å². The number of rotatable bonds is 2. The first-order chi connectivity index (χ1) is 11.8. The van der Waals surface area contributed by atoms with Crippen molar-refractivity contribution in [1.82, 2.24) is 4.90 Å². The van der Waals surface area contributed by atoms with Crippen LogP contribution in [0.25, 0.3) is 6.08 Å². The van der Waals surface area contributed by atoms with Crippen LogP contribution in [-0.4, -0.2) is 16.6 Å². The molecule has 1 aliphatic carbocycles. The highest BCUT2D eigenvalue weighted by atomic mass is 16.2. The van der Waals surface area contributed by atoms with Gasteiger partial charge in [-0.25, -0.2) is 0 Å². The number of fused-ring (bicyclic) bond motifs is 1. The molecule has 3 heteroatoms. The predicted molar refractivity (Wildman–Crippen MR) is 93.2 cm³/mol. The average molecular weight is 317 g/mol. The van der Waals surface area contributed by atoms with E-state index < -0.39 is 0 Å². The highest BCUT2D eigenvalue weighted by Crippen LogP contribution is 2.42. The van der Waals surface area contributed by atoms with Gasteiger partial charge in [0.1, 0.15) is 5.78 Å². The lowest BCUT2D eigenvalue weighted by molar-refractivity contribution is -0.122. The normalized spacial score (nSPS) is 22.5. The summed E-state index contributed by atoms with van der Waals surface area (Å²) in [6, 6.07) is 17.1. The third-order valence-corrected chi connectivity index (χ3v) is 5.02. The van der Waals surface area contributed by atoms with Crippen molar-refractivity contribution in [2.75, 3.05) is 0 Å². The molecule has 0 spiro atoms. The van der Waals surface area contributed by atoms with Crippen LogP contribution in [0.5, 0.6) is 0 Å². The Morgan fingerprint density at radius 2 is 1.75 bits per heavy atom. The van der Waals surface area contributed by atoms with Gasteiger partial charge in [-0.15, -0.1) is 0 Å². The summed E-state index contributed by atoms with van der Waals surface area (Å²) >= 11 is 0. The van der Waals surface area contributed by atoms with E-state index in [1.54, 1.807) is 4.90 Å². The molecule has 2 aromatic rings. The number of hydrogen-bond donors (Lipinski definition) is 0. The fourth-order valence-electron chi connectivity index (χ4n) is 3.85. The maximum absolute atomic E-state index is 13.0. The van der Waals surface area contributed by atoms with E-state index in [1.807, 2.05) is 66.9 Å². The Balaban J connectivity index is 1.78. The van der Waals surface area contributed by atoms with Crippen LogP contribution in [0.15, 0.2) is 60.8 Å². The Bertz CT molecular complexity index is 810. The van der Waals surface area contributed by atoms with Gasteiger partial charge >= 0.3 is 0 Å². The Labute approximate surface area is 141 Å². The molecule has 2 atom stereocenters. The summed E-state index contributed by atoms with van der Waals surface area (Å²) < 4.78 is 0. The molecule has 2 unspecified atom stereocenters. The number of ketones is 1. The minimum absolute atomic E-state index is 0.0500. The molecular formula is C21H19NO2. The van der Waals surface area contributed by atoms with Crippen LogP contribution in [0.4, 0.5) is 0 Å². The molecule has 4 rings (SSSR count). The van der Waals surface area contributed by atoms with E-state index in [2.05, 4.69) is 0 Å². The van der Waals surface area contributed by atoms with E-state index in [1.165, 1.54) is 0 Å². The minimum Gasteiger partial charge on any atom is -0.307 e. The molecule has 1 saturated carbocycles. The molecule has 0 aromatic heterocycles. The van der Waals surface area contributed by atoms with Crippen molar-refractivity contribution >= 4 is 17.8 Å². The van der Waals surface area contributed by atoms with Crippen molar-refractivity contribution < 1.29 is 9.59 Å². The van der Waals surface area contributed by atoms with Crippen molar-refractivity contribution in [3.05, 3.63) is 77.5 Å². The lowest BCUT2D eigenvalue weighted by Crippen LogP contribution is -2.38. The number of amides is 1. The maximum Gasteiger partial charge on any atom is 0.258 e. The monoisotopic (exact) mass is 317 g/mol. The fourth-order valence-corrected chi connectivity index (χ4v) is 3.85. The average Bonchev–Trinajstić information content (AvgIpc) is 3.06. The Morgan fingerprint density at radius 1 is 1.00 bits per heavy atom. The molecule has 0 N–H and O–H groups in total. The quantitative estimate of drug-likeness (QED) is 0.831. The molecule has 24 heavy (non-hydrogen) atoms. The van der Waals surface area contributed by atoms with Crippen molar-refractivity contribution in [3.63, 3.8) is 0 Å². The lowest BCUT2D eigenvalue weighted by Gasteiger charge is -2.36. The van der Waals surface area contributed by atoms with E-state index in [9.17, 15) is 9.59 Å². The molecule has 120 valence electrons. The second-order valence-electron chi connectivity index (χ2n) is 6.43. The second-order valence-corrected chi connectivity index (χ2v) is 6.43. The lowest BCUT2D eigenvalue weighted by atomic mass is 9.85. The second kappa shape index (κ2) is 6.08. The zero-order chi connectivity index (χ0) is 16.5. The van der Waals surface area contributed by atoms with Crippen LogP contribution < -0.4 is 0 Å². The molecule has 1 heterocycles. The topological polar surface area (TPSA) is 37.4 Å². The molecule has 3 nitrogen and oxygen atoms in total. The van der Waals surface area contributed by atoms with E-state index in [4.69, 9.17) is 0 Å². The zero-order valence-electron chi connectivity index (χ0n) is 13.4. The smallest absolute Gasteiger partial charge is 0.258 e. The first-order valence-electron chi connectivity index (χ1n) is 8.43. The van der Waals surface area contributed by atoms with E-state index >= 15 is 0 Å². The summed E-state index contributed by atoms with van der Waals surface area (Å²) in [6.07, 6.45) is 6.20. The van der Waals surface area contributed by atoms with Crippen molar-refractivity contribution in [3.8, 4) is 0 Å². The molecule has 0 bridgehead atoms. The van der Waals surface area contributed by atoms with Gasteiger partial charge in [0.2, 0.25) is 0 Å². The van der Waals surface area contributed by atoms with Gasteiger partial charge in [-0.2, -0.15) is 0 Å². The summed E-state index contributed by atoms with van der Waals surface area (Å²) in [4.78, 5) is 27.2. The summed E-state index contributed by atoms with van der Waals surface area (Å²) in [5, 5.41) is 0. The van der Waals surface area contributed by atoms with E-state index in [0.29, 0.717) is 12.0 Å². The highest BCUT2D eigenvalue weighted by molar-refractivity contribution is 5.96. The van der Waals surface area contributed by atoms with Crippen LogP contribution in [-0.2, 0) is 4.79 Å². The molecule has 0 saturated heterocycles. The number of carbonyl (C=O) groups excluding carboxylic acids is 2. The molecule has 2 aliphatic rings. The number of benzene rings is 2. The molecular weight excluding hydrogens is 298 g/mol. The van der Waals surface area contributed by atoms with Gasteiger partial charge in [-0.1, -0.05) is 42.5 Å². The standard InChI is InChI=1S/C21H19NO2/c23-19-12-6-11-18(19)20-17-10-5-4-7-15(17)13-14-22(20)21(24)16-8-2-1-3-9-16/h1-5,7-10,13-14,18,20H,6,11-12H2. The van der Waals surface area contributed by atoms with Gasteiger partial charge < -0.3 is 4.90 Å². The predicted octanol–water partition coefficient (Wildman–Crippen LogP) is 4.22. The van der Waals surface area contributed by atoms with Gasteiger partial charge in [-0.3, -0.25) is 9.59 Å². The van der Waals surface area contributed by atoms with Gasteiger partial charge in [0, 0.05) is 24.1 Å². The minimum atomic E-state index is -0.200. The van der Waals surface area contributed by atoms with Crippen LogP contribution in [0.2, 0.25) is 0 Å².